The second-order valence-corrected chi connectivity index (χ2v) is 3.87. The zero-order chi connectivity index (χ0) is 13.4. The van der Waals surface area contributed by atoms with Gasteiger partial charge in [0.1, 0.15) is 5.76 Å². The number of hydrogen-bond acceptors (Lipinski definition) is 5. The van der Waals surface area contributed by atoms with Crippen LogP contribution in [0.3, 0.4) is 0 Å². The fraction of sp³-hybridized carbons (Fsp3) is 0.583. The number of furan rings is 1. The van der Waals surface area contributed by atoms with Crippen molar-refractivity contribution < 1.29 is 24.2 Å². The molecule has 0 amide bonds. The molecule has 0 saturated carbocycles. The molecule has 102 valence electrons. The molecule has 3 N–H and O–H groups in total. The van der Waals surface area contributed by atoms with E-state index in [9.17, 15) is 4.79 Å². The molecule has 0 spiro atoms. The molecule has 0 aliphatic heterocycles. The van der Waals surface area contributed by atoms with Gasteiger partial charge in [-0.05, 0) is 32.0 Å². The van der Waals surface area contributed by atoms with Crippen LogP contribution < -0.4 is 5.32 Å². The SMILES string of the molecule is CC(NCCCOCCO)c1ccc(C(=O)O)o1. The molecule has 1 rings (SSSR count). The minimum Gasteiger partial charge on any atom is -0.475 e. The van der Waals surface area contributed by atoms with Crippen molar-refractivity contribution in [1.29, 1.82) is 0 Å². The van der Waals surface area contributed by atoms with Crippen molar-refractivity contribution in [2.45, 2.75) is 19.4 Å². The van der Waals surface area contributed by atoms with Crippen molar-refractivity contribution in [2.75, 3.05) is 26.4 Å². The van der Waals surface area contributed by atoms with Crippen LogP contribution in [-0.4, -0.2) is 42.5 Å². The molecule has 0 radical (unpaired) electrons. The summed E-state index contributed by atoms with van der Waals surface area (Å²) in [7, 11) is 0. The molecule has 6 heteroatoms. The van der Waals surface area contributed by atoms with Crippen molar-refractivity contribution in [3.63, 3.8) is 0 Å². The molecule has 18 heavy (non-hydrogen) atoms. The molecular weight excluding hydrogens is 238 g/mol. The first-order valence-electron chi connectivity index (χ1n) is 5.90. The normalized spacial score (nSPS) is 12.6. The van der Waals surface area contributed by atoms with E-state index in [1.54, 1.807) is 6.07 Å². The Hall–Kier alpha value is -1.37. The van der Waals surface area contributed by atoms with Gasteiger partial charge in [0.25, 0.3) is 0 Å². The van der Waals surface area contributed by atoms with E-state index in [1.807, 2.05) is 6.92 Å². The van der Waals surface area contributed by atoms with Crippen molar-refractivity contribution in [3.8, 4) is 0 Å². The summed E-state index contributed by atoms with van der Waals surface area (Å²) < 4.78 is 10.3. The highest BCUT2D eigenvalue weighted by molar-refractivity contribution is 5.84. The lowest BCUT2D eigenvalue weighted by Crippen LogP contribution is -2.20. The highest BCUT2D eigenvalue weighted by Crippen LogP contribution is 2.16. The van der Waals surface area contributed by atoms with Gasteiger partial charge in [-0.2, -0.15) is 0 Å². The number of ether oxygens (including phenoxy) is 1. The molecule has 0 bridgehead atoms. The van der Waals surface area contributed by atoms with Gasteiger partial charge in [0.05, 0.1) is 19.3 Å². The van der Waals surface area contributed by atoms with Gasteiger partial charge >= 0.3 is 5.97 Å². The lowest BCUT2D eigenvalue weighted by Gasteiger charge is -2.11. The highest BCUT2D eigenvalue weighted by atomic mass is 16.5. The first kappa shape index (κ1) is 14.7. The third-order valence-corrected chi connectivity index (χ3v) is 2.42. The number of carboxylic acids is 1. The first-order chi connectivity index (χ1) is 8.65. The Morgan fingerprint density at radius 2 is 2.28 bits per heavy atom. The maximum atomic E-state index is 10.6. The predicted octanol–water partition coefficient (Wildman–Crippen LogP) is 1.03. The monoisotopic (exact) mass is 257 g/mol. The number of carboxylic acid groups (broad SMARTS) is 1. The van der Waals surface area contributed by atoms with Crippen LogP contribution in [0.25, 0.3) is 0 Å². The number of hydrogen-bond donors (Lipinski definition) is 3. The maximum absolute atomic E-state index is 10.6. The Balaban J connectivity index is 2.23. The maximum Gasteiger partial charge on any atom is 0.371 e. The lowest BCUT2D eigenvalue weighted by atomic mass is 10.2. The van der Waals surface area contributed by atoms with E-state index >= 15 is 0 Å². The zero-order valence-corrected chi connectivity index (χ0v) is 10.4. The van der Waals surface area contributed by atoms with Gasteiger partial charge in [-0.3, -0.25) is 0 Å². The van der Waals surface area contributed by atoms with E-state index in [-0.39, 0.29) is 18.4 Å². The van der Waals surface area contributed by atoms with Gasteiger partial charge in [-0.25, -0.2) is 4.79 Å². The Bertz CT molecular complexity index is 363. The van der Waals surface area contributed by atoms with E-state index in [1.165, 1.54) is 6.07 Å². The smallest absolute Gasteiger partial charge is 0.371 e. The molecule has 1 atom stereocenters. The topological polar surface area (TPSA) is 91.9 Å². The third-order valence-electron chi connectivity index (χ3n) is 2.42. The van der Waals surface area contributed by atoms with Crippen LogP contribution in [0.5, 0.6) is 0 Å². The largest absolute Gasteiger partial charge is 0.475 e. The van der Waals surface area contributed by atoms with Crippen LogP contribution in [0.15, 0.2) is 16.5 Å². The lowest BCUT2D eigenvalue weighted by molar-refractivity contribution is 0.0659. The summed E-state index contributed by atoms with van der Waals surface area (Å²) in [6.07, 6.45) is 0.816. The molecule has 6 nitrogen and oxygen atoms in total. The van der Waals surface area contributed by atoms with E-state index in [4.69, 9.17) is 19.4 Å². The number of carbonyl (C=O) groups is 1. The molecule has 0 aliphatic carbocycles. The average molecular weight is 257 g/mol. The number of aliphatic hydroxyl groups is 1. The summed E-state index contributed by atoms with van der Waals surface area (Å²) in [5.41, 5.74) is 0. The van der Waals surface area contributed by atoms with Gasteiger partial charge in [0, 0.05) is 6.61 Å². The molecule has 1 heterocycles. The molecular formula is C12H19NO5. The Morgan fingerprint density at radius 1 is 1.50 bits per heavy atom. The van der Waals surface area contributed by atoms with Gasteiger partial charge in [0.15, 0.2) is 0 Å². The van der Waals surface area contributed by atoms with E-state index in [0.29, 0.717) is 19.0 Å². The summed E-state index contributed by atoms with van der Waals surface area (Å²) in [5, 5.41) is 20.4. The summed E-state index contributed by atoms with van der Waals surface area (Å²) in [6.45, 7) is 3.61. The summed E-state index contributed by atoms with van der Waals surface area (Å²) >= 11 is 0. The second-order valence-electron chi connectivity index (χ2n) is 3.87. The van der Waals surface area contributed by atoms with Gasteiger partial charge < -0.3 is 24.7 Å². The van der Waals surface area contributed by atoms with Crippen LogP contribution in [0.4, 0.5) is 0 Å². The molecule has 1 aromatic rings. The summed E-state index contributed by atoms with van der Waals surface area (Å²) in [6, 6.07) is 3.06. The van der Waals surface area contributed by atoms with Gasteiger partial charge in [-0.15, -0.1) is 0 Å². The first-order valence-corrected chi connectivity index (χ1v) is 5.90. The Kier molecular flexibility index (Phi) is 6.42. The Labute approximate surface area is 106 Å². The minimum absolute atomic E-state index is 0.0359. The van der Waals surface area contributed by atoms with E-state index < -0.39 is 5.97 Å². The molecule has 1 unspecified atom stereocenters. The van der Waals surface area contributed by atoms with Crippen molar-refractivity contribution in [3.05, 3.63) is 23.7 Å². The summed E-state index contributed by atoms with van der Waals surface area (Å²) in [4.78, 5) is 10.6. The van der Waals surface area contributed by atoms with Crippen LogP contribution in [0, 0.1) is 0 Å². The zero-order valence-electron chi connectivity index (χ0n) is 10.4. The number of rotatable bonds is 9. The quantitative estimate of drug-likeness (QED) is 0.572. The fourth-order valence-corrected chi connectivity index (χ4v) is 1.46. The third kappa shape index (κ3) is 4.87. The minimum atomic E-state index is -1.06. The van der Waals surface area contributed by atoms with Gasteiger partial charge in [-0.1, -0.05) is 0 Å². The number of nitrogens with one attached hydrogen (secondary N) is 1. The van der Waals surface area contributed by atoms with Crippen LogP contribution in [-0.2, 0) is 4.74 Å². The predicted molar refractivity (Wildman–Crippen MR) is 64.6 cm³/mol. The van der Waals surface area contributed by atoms with Crippen molar-refractivity contribution >= 4 is 5.97 Å². The number of aromatic carboxylic acids is 1. The standard InChI is InChI=1S/C12H19NO5/c1-9(13-5-2-7-17-8-6-14)10-3-4-11(18-10)12(15)16/h3-4,9,13-14H,2,5-8H2,1H3,(H,15,16). The van der Waals surface area contributed by atoms with Crippen molar-refractivity contribution in [2.24, 2.45) is 0 Å². The van der Waals surface area contributed by atoms with Crippen LogP contribution in [0.2, 0.25) is 0 Å². The molecule has 1 aromatic heterocycles. The van der Waals surface area contributed by atoms with Crippen molar-refractivity contribution in [1.82, 2.24) is 5.32 Å². The molecule has 0 saturated heterocycles. The highest BCUT2D eigenvalue weighted by Gasteiger charge is 2.13. The molecule has 0 aromatic carbocycles. The van der Waals surface area contributed by atoms with Gasteiger partial charge in [0.2, 0.25) is 5.76 Å². The van der Waals surface area contributed by atoms with Crippen LogP contribution >= 0.6 is 0 Å². The van der Waals surface area contributed by atoms with Crippen LogP contribution in [0.1, 0.15) is 35.7 Å². The summed E-state index contributed by atoms with van der Waals surface area (Å²) in [5.74, 6) is -0.514. The van der Waals surface area contributed by atoms with E-state index in [2.05, 4.69) is 5.32 Å². The second kappa shape index (κ2) is 7.86. The fourth-order valence-electron chi connectivity index (χ4n) is 1.46. The average Bonchev–Trinajstić information content (AvgIpc) is 2.83. The molecule has 0 aliphatic rings. The number of aliphatic hydroxyl groups excluding tert-OH is 1. The Morgan fingerprint density at radius 3 is 2.89 bits per heavy atom. The van der Waals surface area contributed by atoms with E-state index in [0.717, 1.165) is 13.0 Å². The molecule has 0 fully saturated rings.